The molecule has 1 aromatic rings. The molecule has 4 heteroatoms. The molecule has 1 aromatic carbocycles. The molecule has 0 saturated heterocycles. The van der Waals surface area contributed by atoms with Gasteiger partial charge in [-0.3, -0.25) is 4.79 Å². The summed E-state index contributed by atoms with van der Waals surface area (Å²) in [5.41, 5.74) is 7.93. The van der Waals surface area contributed by atoms with E-state index in [1.807, 2.05) is 18.2 Å². The fourth-order valence-corrected chi connectivity index (χ4v) is 2.25. The number of rotatable bonds is 9. The van der Waals surface area contributed by atoms with Crippen LogP contribution in [0.15, 0.2) is 24.3 Å². The molecular formula is C17H28N2O2. The van der Waals surface area contributed by atoms with E-state index in [1.54, 1.807) is 7.11 Å². The molecule has 1 rings (SSSR count). The summed E-state index contributed by atoms with van der Waals surface area (Å²) in [5.74, 6) is 0.0947. The van der Waals surface area contributed by atoms with Gasteiger partial charge in [-0.15, -0.1) is 0 Å². The predicted octanol–water partition coefficient (Wildman–Crippen LogP) is 2.60. The fraction of sp³-hybridized carbons (Fsp3) is 0.588. The van der Waals surface area contributed by atoms with E-state index in [-0.39, 0.29) is 11.3 Å². The molecule has 0 atom stereocenters. The average Bonchev–Trinajstić information content (AvgIpc) is 2.44. The van der Waals surface area contributed by atoms with Gasteiger partial charge in [-0.2, -0.15) is 0 Å². The van der Waals surface area contributed by atoms with E-state index >= 15 is 0 Å². The van der Waals surface area contributed by atoms with Gasteiger partial charge in [0.1, 0.15) is 0 Å². The molecule has 0 aliphatic carbocycles. The summed E-state index contributed by atoms with van der Waals surface area (Å²) >= 11 is 0. The number of methoxy groups -OCH3 is 1. The summed E-state index contributed by atoms with van der Waals surface area (Å²) in [6, 6.07) is 8.07. The first-order valence-electron chi connectivity index (χ1n) is 7.50. The van der Waals surface area contributed by atoms with Crippen molar-refractivity contribution >= 4 is 5.91 Å². The lowest BCUT2D eigenvalue weighted by atomic mass is 9.84. The Balaban J connectivity index is 2.37. The van der Waals surface area contributed by atoms with Crippen LogP contribution in [0.5, 0.6) is 0 Å². The zero-order valence-corrected chi connectivity index (χ0v) is 13.4. The number of ether oxygens (including phenoxy) is 1. The molecule has 3 N–H and O–H groups in total. The summed E-state index contributed by atoms with van der Waals surface area (Å²) in [7, 11) is 1.68. The van der Waals surface area contributed by atoms with E-state index in [4.69, 9.17) is 10.5 Å². The zero-order valence-electron chi connectivity index (χ0n) is 13.4. The van der Waals surface area contributed by atoms with Crippen molar-refractivity contribution in [3.63, 3.8) is 0 Å². The first-order chi connectivity index (χ1) is 9.96. The van der Waals surface area contributed by atoms with Gasteiger partial charge in [0.25, 0.3) is 0 Å². The second kappa shape index (κ2) is 8.80. The average molecular weight is 292 g/mol. The van der Waals surface area contributed by atoms with E-state index in [1.165, 1.54) is 0 Å². The Kier molecular flexibility index (Phi) is 7.40. The smallest absolute Gasteiger partial charge is 0.220 e. The van der Waals surface area contributed by atoms with Crippen LogP contribution in [0, 0.1) is 5.41 Å². The fourth-order valence-electron chi connectivity index (χ4n) is 2.25. The Bertz CT molecular complexity index is 444. The number of hydrogen-bond acceptors (Lipinski definition) is 3. The zero-order chi connectivity index (χ0) is 15.7. The molecule has 0 fully saturated rings. The predicted molar refractivity (Wildman–Crippen MR) is 85.7 cm³/mol. The number of hydrogen-bond donors (Lipinski definition) is 2. The van der Waals surface area contributed by atoms with Crippen LogP contribution < -0.4 is 11.1 Å². The number of carbonyl (C=O) groups is 1. The second-order valence-corrected chi connectivity index (χ2v) is 6.23. The Morgan fingerprint density at radius 1 is 1.29 bits per heavy atom. The molecule has 0 unspecified atom stereocenters. The molecule has 0 aromatic heterocycles. The quantitative estimate of drug-likeness (QED) is 0.735. The van der Waals surface area contributed by atoms with Crippen LogP contribution in [-0.2, 0) is 22.7 Å². The molecule has 21 heavy (non-hydrogen) atoms. The molecule has 0 aliphatic rings. The Labute approximate surface area is 128 Å². The Morgan fingerprint density at radius 2 is 2.00 bits per heavy atom. The lowest BCUT2D eigenvalue weighted by Crippen LogP contribution is -2.25. The summed E-state index contributed by atoms with van der Waals surface area (Å²) in [5, 5.41) is 2.97. The van der Waals surface area contributed by atoms with Crippen molar-refractivity contribution in [1.82, 2.24) is 5.32 Å². The molecule has 4 nitrogen and oxygen atoms in total. The number of nitrogens with two attached hydrogens (primary N) is 1. The van der Waals surface area contributed by atoms with Crippen molar-refractivity contribution in [2.24, 2.45) is 11.1 Å². The maximum Gasteiger partial charge on any atom is 0.220 e. The standard InChI is InChI=1S/C17H28N2O2/c1-17(2,9-10-18)8-7-16(20)19-12-14-5-4-6-15(11-14)13-21-3/h4-6,11H,7-10,12-13,18H2,1-3H3,(H,19,20). The van der Waals surface area contributed by atoms with Crippen LogP contribution in [0.4, 0.5) is 0 Å². The highest BCUT2D eigenvalue weighted by atomic mass is 16.5. The topological polar surface area (TPSA) is 64.3 Å². The monoisotopic (exact) mass is 292 g/mol. The van der Waals surface area contributed by atoms with Gasteiger partial charge in [-0.1, -0.05) is 38.1 Å². The van der Waals surface area contributed by atoms with Gasteiger partial charge in [0.15, 0.2) is 0 Å². The van der Waals surface area contributed by atoms with E-state index < -0.39 is 0 Å². The summed E-state index contributed by atoms with van der Waals surface area (Å²) in [6.45, 7) is 6.13. The van der Waals surface area contributed by atoms with Gasteiger partial charge in [0, 0.05) is 20.1 Å². The van der Waals surface area contributed by atoms with E-state index in [2.05, 4.69) is 25.2 Å². The van der Waals surface area contributed by atoms with Crippen molar-refractivity contribution in [2.75, 3.05) is 13.7 Å². The number of carbonyl (C=O) groups excluding carboxylic acids is 1. The van der Waals surface area contributed by atoms with Crippen LogP contribution in [0.2, 0.25) is 0 Å². The first kappa shape index (κ1) is 17.7. The van der Waals surface area contributed by atoms with Gasteiger partial charge in [-0.05, 0) is 35.9 Å². The van der Waals surface area contributed by atoms with Crippen LogP contribution in [0.3, 0.4) is 0 Å². The highest BCUT2D eigenvalue weighted by Crippen LogP contribution is 2.25. The van der Waals surface area contributed by atoms with Crippen molar-refractivity contribution in [3.05, 3.63) is 35.4 Å². The molecule has 0 aliphatic heterocycles. The molecule has 0 heterocycles. The van der Waals surface area contributed by atoms with Crippen LogP contribution >= 0.6 is 0 Å². The summed E-state index contributed by atoms with van der Waals surface area (Å²) in [6.07, 6.45) is 2.35. The minimum absolute atomic E-state index is 0.0947. The van der Waals surface area contributed by atoms with Crippen molar-refractivity contribution < 1.29 is 9.53 Å². The SMILES string of the molecule is COCc1cccc(CNC(=O)CCC(C)(C)CCN)c1. The molecule has 0 radical (unpaired) electrons. The molecule has 0 spiro atoms. The highest BCUT2D eigenvalue weighted by Gasteiger charge is 2.18. The van der Waals surface area contributed by atoms with Gasteiger partial charge < -0.3 is 15.8 Å². The van der Waals surface area contributed by atoms with Crippen LogP contribution in [0.25, 0.3) is 0 Å². The number of benzene rings is 1. The molecule has 0 bridgehead atoms. The van der Waals surface area contributed by atoms with E-state index in [9.17, 15) is 4.79 Å². The molecule has 1 amide bonds. The maximum atomic E-state index is 11.9. The highest BCUT2D eigenvalue weighted by molar-refractivity contribution is 5.75. The van der Waals surface area contributed by atoms with E-state index in [0.29, 0.717) is 26.1 Å². The minimum Gasteiger partial charge on any atom is -0.380 e. The molecule has 118 valence electrons. The van der Waals surface area contributed by atoms with Crippen LogP contribution in [-0.4, -0.2) is 19.6 Å². The summed E-state index contributed by atoms with van der Waals surface area (Å²) < 4.78 is 5.11. The normalized spacial score (nSPS) is 11.4. The third-order valence-corrected chi connectivity index (χ3v) is 3.64. The Hall–Kier alpha value is -1.39. The minimum atomic E-state index is 0.0947. The molecule has 0 saturated carbocycles. The van der Waals surface area contributed by atoms with E-state index in [0.717, 1.165) is 24.0 Å². The van der Waals surface area contributed by atoms with Gasteiger partial charge in [-0.25, -0.2) is 0 Å². The first-order valence-corrected chi connectivity index (χ1v) is 7.50. The third-order valence-electron chi connectivity index (χ3n) is 3.64. The van der Waals surface area contributed by atoms with Crippen molar-refractivity contribution in [1.29, 1.82) is 0 Å². The lowest BCUT2D eigenvalue weighted by Gasteiger charge is -2.23. The Morgan fingerprint density at radius 3 is 2.67 bits per heavy atom. The lowest BCUT2D eigenvalue weighted by molar-refractivity contribution is -0.121. The summed E-state index contributed by atoms with van der Waals surface area (Å²) in [4.78, 5) is 11.9. The van der Waals surface area contributed by atoms with Gasteiger partial charge in [0.2, 0.25) is 5.91 Å². The van der Waals surface area contributed by atoms with Crippen LogP contribution in [0.1, 0.15) is 44.2 Å². The molecular weight excluding hydrogens is 264 g/mol. The van der Waals surface area contributed by atoms with Crippen molar-refractivity contribution in [3.8, 4) is 0 Å². The van der Waals surface area contributed by atoms with Gasteiger partial charge >= 0.3 is 0 Å². The number of amides is 1. The van der Waals surface area contributed by atoms with Crippen molar-refractivity contribution in [2.45, 2.75) is 46.3 Å². The third kappa shape index (κ3) is 7.25. The maximum absolute atomic E-state index is 11.9. The largest absolute Gasteiger partial charge is 0.380 e. The second-order valence-electron chi connectivity index (χ2n) is 6.23. The number of nitrogens with one attached hydrogen (secondary N) is 1. The van der Waals surface area contributed by atoms with Gasteiger partial charge in [0.05, 0.1) is 6.61 Å².